The van der Waals surface area contributed by atoms with Crippen LogP contribution in [0.4, 0.5) is 0 Å². The molecule has 0 unspecified atom stereocenters. The van der Waals surface area contributed by atoms with Crippen molar-refractivity contribution in [2.45, 2.75) is 13.5 Å². The van der Waals surface area contributed by atoms with E-state index in [1.807, 2.05) is 0 Å². The van der Waals surface area contributed by atoms with Gasteiger partial charge in [-0.1, -0.05) is 11.6 Å². The van der Waals surface area contributed by atoms with Crippen molar-refractivity contribution in [3.8, 4) is 0 Å². The molecule has 1 N–H and O–H groups in total. The predicted octanol–water partition coefficient (Wildman–Crippen LogP) is 1.96. The molecule has 2 aromatic rings. The Hall–Kier alpha value is -1.59. The zero-order valence-corrected chi connectivity index (χ0v) is 10.3. The summed E-state index contributed by atoms with van der Waals surface area (Å²) in [5.41, 5.74) is 4.25. The van der Waals surface area contributed by atoms with Gasteiger partial charge < -0.3 is 4.42 Å². The lowest BCUT2D eigenvalue weighted by Gasteiger charge is -2.14. The molecular weight excluding hydrogens is 242 g/mol. The number of nitrogens with zero attached hydrogens (tertiary/aromatic N) is 2. The molecule has 2 rings (SSSR count). The first kappa shape index (κ1) is 11.9. The van der Waals surface area contributed by atoms with Gasteiger partial charge in [0.05, 0.1) is 6.54 Å². The first-order valence-corrected chi connectivity index (χ1v) is 5.47. The van der Waals surface area contributed by atoms with Gasteiger partial charge >= 0.3 is 0 Å². The van der Waals surface area contributed by atoms with Crippen LogP contribution in [-0.2, 0) is 11.3 Å². The van der Waals surface area contributed by atoms with Crippen molar-refractivity contribution in [2.24, 2.45) is 0 Å². The highest BCUT2D eigenvalue weighted by molar-refractivity contribution is 6.31. The molecular formula is C11H12ClN3O2. The first-order chi connectivity index (χ1) is 8.06. The Morgan fingerprint density at radius 1 is 1.59 bits per heavy atom. The number of fused-ring (bicyclic) bond motifs is 1. The van der Waals surface area contributed by atoms with Gasteiger partial charge in [-0.05, 0) is 18.2 Å². The molecule has 1 heterocycles. The molecule has 0 radical (unpaired) electrons. The van der Waals surface area contributed by atoms with Gasteiger partial charge in [0.15, 0.2) is 5.58 Å². The van der Waals surface area contributed by atoms with Crippen molar-refractivity contribution in [3.63, 3.8) is 0 Å². The molecule has 0 saturated heterocycles. The number of halogens is 1. The summed E-state index contributed by atoms with van der Waals surface area (Å²) >= 11 is 5.85. The van der Waals surface area contributed by atoms with Crippen molar-refractivity contribution in [2.75, 3.05) is 7.05 Å². The van der Waals surface area contributed by atoms with E-state index in [2.05, 4.69) is 10.4 Å². The molecule has 1 amide bonds. The number of oxazole rings is 1. The monoisotopic (exact) mass is 253 g/mol. The third-order valence-corrected chi connectivity index (χ3v) is 2.57. The fraction of sp³-hybridized carbons (Fsp3) is 0.273. The number of hydrogen-bond donors (Lipinski definition) is 1. The number of benzene rings is 1. The number of carbonyl (C=O) groups excluding carboxylic acids is 1. The fourth-order valence-corrected chi connectivity index (χ4v) is 1.49. The molecule has 0 aliphatic rings. The Labute approximate surface area is 103 Å². The average molecular weight is 254 g/mol. The lowest BCUT2D eigenvalue weighted by molar-refractivity contribution is -0.130. The van der Waals surface area contributed by atoms with Crippen LogP contribution in [-0.4, -0.2) is 22.9 Å². The van der Waals surface area contributed by atoms with E-state index in [1.165, 1.54) is 11.9 Å². The Morgan fingerprint density at radius 3 is 3.06 bits per heavy atom. The maximum absolute atomic E-state index is 11.0. The smallest absolute Gasteiger partial charge is 0.233 e. The van der Waals surface area contributed by atoms with Crippen LogP contribution in [0.3, 0.4) is 0 Å². The number of rotatable bonds is 3. The Balaban J connectivity index is 2.12. The summed E-state index contributed by atoms with van der Waals surface area (Å²) in [5.74, 6) is 0.430. The lowest BCUT2D eigenvalue weighted by Crippen LogP contribution is -2.37. The van der Waals surface area contributed by atoms with E-state index in [-0.39, 0.29) is 5.91 Å². The first-order valence-electron chi connectivity index (χ1n) is 5.09. The van der Waals surface area contributed by atoms with Crippen LogP contribution in [0.5, 0.6) is 0 Å². The van der Waals surface area contributed by atoms with Gasteiger partial charge in [0, 0.05) is 19.0 Å². The van der Waals surface area contributed by atoms with E-state index >= 15 is 0 Å². The van der Waals surface area contributed by atoms with Gasteiger partial charge in [0.2, 0.25) is 11.8 Å². The molecule has 0 saturated carbocycles. The van der Waals surface area contributed by atoms with Crippen molar-refractivity contribution in [3.05, 3.63) is 29.1 Å². The van der Waals surface area contributed by atoms with E-state index < -0.39 is 0 Å². The summed E-state index contributed by atoms with van der Waals surface area (Å²) in [6.07, 6.45) is 0. The number of carbonyl (C=O) groups is 1. The van der Waals surface area contributed by atoms with Gasteiger partial charge in [0.25, 0.3) is 0 Å². The second kappa shape index (κ2) is 4.73. The second-order valence-corrected chi connectivity index (χ2v) is 4.07. The average Bonchev–Trinajstić information content (AvgIpc) is 2.67. The number of hydrazine groups is 1. The minimum absolute atomic E-state index is 0.0795. The van der Waals surface area contributed by atoms with Gasteiger partial charge in [0.1, 0.15) is 5.52 Å². The molecule has 0 bridgehead atoms. The van der Waals surface area contributed by atoms with Gasteiger partial charge in [-0.25, -0.2) is 10.4 Å². The van der Waals surface area contributed by atoms with Crippen molar-refractivity contribution < 1.29 is 9.21 Å². The summed E-state index contributed by atoms with van der Waals surface area (Å²) in [4.78, 5) is 15.2. The largest absolute Gasteiger partial charge is 0.439 e. The highest BCUT2D eigenvalue weighted by Crippen LogP contribution is 2.19. The SMILES string of the molecule is CC(=O)N(C)NCc1nc2cc(Cl)ccc2o1. The van der Waals surface area contributed by atoms with Crippen LogP contribution in [0.2, 0.25) is 5.02 Å². The zero-order valence-electron chi connectivity index (χ0n) is 9.53. The van der Waals surface area contributed by atoms with E-state index in [1.54, 1.807) is 25.2 Å². The van der Waals surface area contributed by atoms with E-state index in [4.69, 9.17) is 16.0 Å². The third-order valence-electron chi connectivity index (χ3n) is 2.33. The summed E-state index contributed by atoms with van der Waals surface area (Å²) in [5, 5.41) is 1.99. The second-order valence-electron chi connectivity index (χ2n) is 3.63. The molecule has 0 aliphatic carbocycles. The molecule has 0 atom stereocenters. The summed E-state index contributed by atoms with van der Waals surface area (Å²) in [6, 6.07) is 5.25. The topological polar surface area (TPSA) is 58.4 Å². The normalized spacial score (nSPS) is 10.8. The summed E-state index contributed by atoms with van der Waals surface area (Å²) < 4.78 is 5.48. The molecule has 0 spiro atoms. The minimum atomic E-state index is -0.0795. The molecule has 1 aromatic carbocycles. The molecule has 6 heteroatoms. The summed E-state index contributed by atoms with van der Waals surface area (Å²) in [6.45, 7) is 1.82. The van der Waals surface area contributed by atoms with Crippen molar-refractivity contribution in [1.82, 2.24) is 15.4 Å². The van der Waals surface area contributed by atoms with E-state index in [9.17, 15) is 4.79 Å². The van der Waals surface area contributed by atoms with Gasteiger partial charge in [-0.2, -0.15) is 0 Å². The number of nitrogens with one attached hydrogen (secondary N) is 1. The van der Waals surface area contributed by atoms with Gasteiger partial charge in [-0.15, -0.1) is 0 Å². The molecule has 90 valence electrons. The fourth-order valence-electron chi connectivity index (χ4n) is 1.32. The van der Waals surface area contributed by atoms with E-state index in [0.29, 0.717) is 28.6 Å². The van der Waals surface area contributed by atoms with E-state index in [0.717, 1.165) is 0 Å². The highest BCUT2D eigenvalue weighted by Gasteiger charge is 2.07. The number of hydrogen-bond acceptors (Lipinski definition) is 4. The van der Waals surface area contributed by atoms with Crippen LogP contribution in [0.1, 0.15) is 12.8 Å². The number of amides is 1. The summed E-state index contributed by atoms with van der Waals surface area (Å²) in [7, 11) is 1.64. The Kier molecular flexibility index (Phi) is 3.31. The van der Waals surface area contributed by atoms with Crippen LogP contribution >= 0.6 is 11.6 Å². The minimum Gasteiger partial charge on any atom is -0.439 e. The van der Waals surface area contributed by atoms with Crippen molar-refractivity contribution in [1.29, 1.82) is 0 Å². The van der Waals surface area contributed by atoms with Gasteiger partial charge in [-0.3, -0.25) is 9.80 Å². The molecule has 0 fully saturated rings. The standard InChI is InChI=1S/C11H12ClN3O2/c1-7(16)15(2)13-6-11-14-9-5-8(12)3-4-10(9)17-11/h3-5,13H,6H2,1-2H3. The Bertz CT molecular complexity index is 553. The molecule has 1 aromatic heterocycles. The predicted molar refractivity (Wildman–Crippen MR) is 64.3 cm³/mol. The lowest BCUT2D eigenvalue weighted by atomic mass is 10.3. The zero-order chi connectivity index (χ0) is 12.4. The quantitative estimate of drug-likeness (QED) is 0.850. The molecule has 0 aliphatic heterocycles. The van der Waals surface area contributed by atoms with Crippen molar-refractivity contribution >= 4 is 28.6 Å². The van der Waals surface area contributed by atoms with Crippen LogP contribution in [0.15, 0.2) is 22.6 Å². The maximum Gasteiger partial charge on any atom is 0.233 e. The number of aromatic nitrogens is 1. The van der Waals surface area contributed by atoms with Crippen LogP contribution in [0, 0.1) is 0 Å². The maximum atomic E-state index is 11.0. The highest BCUT2D eigenvalue weighted by atomic mass is 35.5. The molecule has 17 heavy (non-hydrogen) atoms. The Morgan fingerprint density at radius 2 is 2.35 bits per heavy atom. The van der Waals surface area contributed by atoms with Crippen LogP contribution < -0.4 is 5.43 Å². The third kappa shape index (κ3) is 2.75. The molecule has 5 nitrogen and oxygen atoms in total. The van der Waals surface area contributed by atoms with Crippen LogP contribution in [0.25, 0.3) is 11.1 Å².